The molecule has 0 spiro atoms. The second-order valence-corrected chi connectivity index (χ2v) is 27.1. The molecular formula is C69H49N5Si2. The van der Waals surface area contributed by atoms with Crippen LogP contribution in [0.2, 0.25) is 0 Å². The van der Waals surface area contributed by atoms with Crippen LogP contribution in [-0.2, 0) is 0 Å². The van der Waals surface area contributed by atoms with E-state index < -0.39 is 16.1 Å². The monoisotopic (exact) mass is 1000 g/mol. The highest BCUT2D eigenvalue weighted by Gasteiger charge is 2.43. The van der Waals surface area contributed by atoms with Gasteiger partial charge in [0.15, 0.2) is 22.0 Å². The number of rotatable bonds is 11. The molecule has 0 N–H and O–H groups in total. The normalized spacial score (nSPS) is 11.9. The molecule has 0 radical (unpaired) electrons. The SMILES string of the molecule is c1ccc(-c2nc(-n3c4ccccc4c4ccccc43)nc(-n3c4ccc([Si](c5ccccc5)(c5ccccc5)c5ccccc5)cc4c4cc([Si](c5ccccc5)(c5ccccc5)c5ccccc5)ccc43)n2)cc1. The molecule has 5 nitrogen and oxygen atoms in total. The third kappa shape index (κ3) is 7.16. The van der Waals surface area contributed by atoms with Gasteiger partial charge in [0.1, 0.15) is 0 Å². The van der Waals surface area contributed by atoms with Gasteiger partial charge in [0.25, 0.3) is 0 Å². The predicted octanol–water partition coefficient (Wildman–Crippen LogP) is 10.5. The molecule has 0 saturated heterocycles. The summed E-state index contributed by atoms with van der Waals surface area (Å²) >= 11 is 0. The Morgan fingerprint density at radius 3 is 0.829 bits per heavy atom. The molecular weight excluding hydrogens is 955 g/mol. The molecule has 0 saturated carbocycles. The lowest BCUT2D eigenvalue weighted by atomic mass is 10.1. The van der Waals surface area contributed by atoms with Gasteiger partial charge in [0.2, 0.25) is 11.9 Å². The van der Waals surface area contributed by atoms with Gasteiger partial charge in [-0.15, -0.1) is 0 Å². The van der Waals surface area contributed by atoms with Crippen LogP contribution in [0, 0.1) is 0 Å². The molecule has 3 aromatic heterocycles. The molecule has 0 aliphatic carbocycles. The Kier molecular flexibility index (Phi) is 11.1. The van der Waals surface area contributed by atoms with E-state index in [0.29, 0.717) is 17.7 Å². The van der Waals surface area contributed by atoms with Crippen LogP contribution in [0.15, 0.2) is 297 Å². The van der Waals surface area contributed by atoms with E-state index in [2.05, 4.69) is 288 Å². The molecule has 14 rings (SSSR count). The van der Waals surface area contributed by atoms with Crippen LogP contribution in [0.5, 0.6) is 0 Å². The first-order chi connectivity index (χ1) is 37.7. The fraction of sp³-hybridized carbons (Fsp3) is 0. The minimum absolute atomic E-state index is 0.543. The standard InChI is InChI=1S/C69H49N5Si2/c1-8-26-50(27-9-1)67-70-68(73-63-42-24-22-40-59(63)60-41-23-25-43-64(60)73)72-69(71-67)74-65-46-44-57(75(51-28-10-2-11-29-51,52-30-12-3-13-31-52)53-32-14-4-15-33-53)48-61(65)62-49-58(45-47-66(62)74)76(54-34-16-5-17-35-54,55-36-18-6-19-37-55)56-38-20-7-21-39-56/h1-49H. The minimum Gasteiger partial charge on any atom is -0.278 e. The van der Waals surface area contributed by atoms with E-state index in [1.807, 2.05) is 18.2 Å². The minimum atomic E-state index is -2.98. The number of aromatic nitrogens is 5. The van der Waals surface area contributed by atoms with E-state index in [9.17, 15) is 0 Å². The maximum Gasteiger partial charge on any atom is 0.240 e. The molecule has 0 amide bonds. The van der Waals surface area contributed by atoms with Crippen molar-refractivity contribution in [3.8, 4) is 23.3 Å². The molecule has 3 heterocycles. The summed E-state index contributed by atoms with van der Waals surface area (Å²) in [5.41, 5.74) is 5.00. The summed E-state index contributed by atoms with van der Waals surface area (Å²) in [5.74, 6) is 1.69. The Balaban J connectivity index is 1.13. The van der Waals surface area contributed by atoms with E-state index in [4.69, 9.17) is 15.0 Å². The second-order valence-electron chi connectivity index (χ2n) is 19.5. The smallest absolute Gasteiger partial charge is 0.240 e. The van der Waals surface area contributed by atoms with Gasteiger partial charge in [-0.2, -0.15) is 15.0 Å². The summed E-state index contributed by atoms with van der Waals surface area (Å²) in [6.07, 6.45) is 0. The highest BCUT2D eigenvalue weighted by Crippen LogP contribution is 2.35. The Labute approximate surface area is 443 Å². The van der Waals surface area contributed by atoms with E-state index in [1.54, 1.807) is 0 Å². The highest BCUT2D eigenvalue weighted by molar-refractivity contribution is 7.20. The molecule has 0 bridgehead atoms. The number of benzene rings is 11. The Morgan fingerprint density at radius 1 is 0.224 bits per heavy atom. The van der Waals surface area contributed by atoms with Gasteiger partial charge in [-0.3, -0.25) is 9.13 Å². The fourth-order valence-electron chi connectivity index (χ4n) is 12.2. The van der Waals surface area contributed by atoms with Crippen LogP contribution in [0.1, 0.15) is 0 Å². The summed E-state index contributed by atoms with van der Waals surface area (Å²) in [6.45, 7) is 0. The van der Waals surface area contributed by atoms with Gasteiger partial charge in [-0.25, -0.2) is 0 Å². The molecule has 0 aliphatic rings. The van der Waals surface area contributed by atoms with E-state index in [0.717, 1.165) is 49.2 Å². The fourth-order valence-corrected chi connectivity index (χ4v) is 21.8. The lowest BCUT2D eigenvalue weighted by Crippen LogP contribution is -2.74. The summed E-state index contributed by atoms with van der Waals surface area (Å²) in [7, 11) is -5.96. The topological polar surface area (TPSA) is 48.5 Å². The average molecular weight is 1000 g/mol. The zero-order valence-electron chi connectivity index (χ0n) is 41.5. The number of nitrogens with zero attached hydrogens (tertiary/aromatic N) is 5. The van der Waals surface area contributed by atoms with Crippen LogP contribution in [0.3, 0.4) is 0 Å². The summed E-state index contributed by atoms with van der Waals surface area (Å²) in [5, 5.41) is 15.0. The van der Waals surface area contributed by atoms with Crippen LogP contribution in [0.4, 0.5) is 0 Å². The van der Waals surface area contributed by atoms with Gasteiger partial charge in [0, 0.05) is 27.1 Å². The average Bonchev–Trinajstić information content (AvgIpc) is 4.12. The maximum atomic E-state index is 5.59. The van der Waals surface area contributed by atoms with Crippen molar-refractivity contribution in [3.63, 3.8) is 0 Å². The molecule has 0 unspecified atom stereocenters. The van der Waals surface area contributed by atoms with Gasteiger partial charge < -0.3 is 0 Å². The number of hydrogen-bond acceptors (Lipinski definition) is 3. The summed E-state index contributed by atoms with van der Waals surface area (Å²) < 4.78 is 4.49. The quantitative estimate of drug-likeness (QED) is 0.0958. The van der Waals surface area contributed by atoms with Crippen molar-refractivity contribution in [2.24, 2.45) is 0 Å². The molecule has 11 aromatic carbocycles. The van der Waals surface area contributed by atoms with Gasteiger partial charge in [-0.05, 0) is 65.8 Å². The molecule has 0 aliphatic heterocycles. The number of para-hydroxylation sites is 2. The van der Waals surface area contributed by atoms with Crippen molar-refractivity contribution in [1.82, 2.24) is 24.1 Å². The van der Waals surface area contributed by atoms with Crippen LogP contribution in [0.25, 0.3) is 66.9 Å². The zero-order chi connectivity index (χ0) is 50.5. The van der Waals surface area contributed by atoms with Crippen molar-refractivity contribution in [2.75, 3.05) is 0 Å². The number of hydrogen-bond donors (Lipinski definition) is 0. The zero-order valence-corrected chi connectivity index (χ0v) is 43.5. The van der Waals surface area contributed by atoms with Crippen molar-refractivity contribution in [1.29, 1.82) is 0 Å². The van der Waals surface area contributed by atoms with Gasteiger partial charge in [-0.1, -0.05) is 273 Å². The largest absolute Gasteiger partial charge is 0.278 e. The van der Waals surface area contributed by atoms with Crippen molar-refractivity contribution in [2.45, 2.75) is 0 Å². The van der Waals surface area contributed by atoms with Gasteiger partial charge in [0.05, 0.1) is 22.1 Å². The van der Waals surface area contributed by atoms with Crippen LogP contribution >= 0.6 is 0 Å². The predicted molar refractivity (Wildman–Crippen MR) is 321 cm³/mol. The lowest BCUT2D eigenvalue weighted by Gasteiger charge is -2.34. The molecule has 0 atom stereocenters. The third-order valence-corrected chi connectivity index (χ3v) is 25.0. The van der Waals surface area contributed by atoms with Crippen LogP contribution < -0.4 is 41.5 Å². The second kappa shape index (κ2) is 18.7. The number of fused-ring (bicyclic) bond motifs is 6. The first-order valence-electron chi connectivity index (χ1n) is 25.9. The maximum absolute atomic E-state index is 5.59. The van der Waals surface area contributed by atoms with E-state index in [1.165, 1.54) is 41.5 Å². The highest BCUT2D eigenvalue weighted by atomic mass is 28.3. The Bertz CT molecular complexity index is 3950. The first-order valence-corrected chi connectivity index (χ1v) is 29.9. The Hall–Kier alpha value is -9.54. The van der Waals surface area contributed by atoms with E-state index in [-0.39, 0.29) is 0 Å². The van der Waals surface area contributed by atoms with Crippen molar-refractivity contribution >= 4 is 101 Å². The third-order valence-electron chi connectivity index (χ3n) is 15.5. The molecule has 358 valence electrons. The summed E-state index contributed by atoms with van der Waals surface area (Å²) in [4.78, 5) is 16.4. The van der Waals surface area contributed by atoms with Crippen LogP contribution in [-0.4, -0.2) is 40.2 Å². The van der Waals surface area contributed by atoms with Crippen molar-refractivity contribution in [3.05, 3.63) is 297 Å². The molecule has 7 heteroatoms. The van der Waals surface area contributed by atoms with Crippen molar-refractivity contribution < 1.29 is 0 Å². The molecule has 0 fully saturated rings. The van der Waals surface area contributed by atoms with E-state index >= 15 is 0 Å². The van der Waals surface area contributed by atoms with Gasteiger partial charge >= 0.3 is 0 Å². The molecule has 76 heavy (non-hydrogen) atoms. The first kappa shape index (κ1) is 45.1. The lowest BCUT2D eigenvalue weighted by molar-refractivity contribution is 0.893. The Morgan fingerprint density at radius 2 is 0.500 bits per heavy atom. The molecule has 14 aromatic rings. The summed E-state index contributed by atoms with van der Waals surface area (Å²) in [6, 6.07) is 109.